The van der Waals surface area contributed by atoms with Crippen LogP contribution in [0.2, 0.25) is 0 Å². The van der Waals surface area contributed by atoms with Gasteiger partial charge in [0.15, 0.2) is 0 Å². The van der Waals surface area contributed by atoms with E-state index in [2.05, 4.69) is 10.2 Å². The Labute approximate surface area is 201 Å². The molecule has 0 saturated carbocycles. The average molecular weight is 463 g/mol. The van der Waals surface area contributed by atoms with Crippen molar-refractivity contribution in [3.8, 4) is 0 Å². The van der Waals surface area contributed by atoms with Gasteiger partial charge in [0.2, 0.25) is 11.8 Å². The second-order valence-electron chi connectivity index (χ2n) is 9.15. The van der Waals surface area contributed by atoms with Crippen LogP contribution < -0.4 is 5.32 Å². The van der Waals surface area contributed by atoms with Gasteiger partial charge < -0.3 is 15.1 Å². The summed E-state index contributed by atoms with van der Waals surface area (Å²) in [7, 11) is 0. The minimum absolute atomic E-state index is 0.0130. The average Bonchev–Trinajstić information content (AvgIpc) is 3.13. The molecule has 0 bridgehead atoms. The zero-order valence-corrected chi connectivity index (χ0v) is 19.7. The lowest BCUT2D eigenvalue weighted by molar-refractivity contribution is -0.136. The number of likely N-dealkylation sites (tertiary alicyclic amines) is 1. The molecule has 34 heavy (non-hydrogen) atoms. The van der Waals surface area contributed by atoms with Gasteiger partial charge in [-0.25, -0.2) is 0 Å². The van der Waals surface area contributed by atoms with Crippen molar-refractivity contribution in [2.75, 3.05) is 45.8 Å². The van der Waals surface area contributed by atoms with Crippen molar-refractivity contribution in [3.05, 3.63) is 71.8 Å². The van der Waals surface area contributed by atoms with Gasteiger partial charge in [-0.1, -0.05) is 48.5 Å². The first-order valence-corrected chi connectivity index (χ1v) is 12.3. The van der Waals surface area contributed by atoms with Crippen LogP contribution in [-0.2, 0) is 16.1 Å². The van der Waals surface area contributed by atoms with E-state index in [1.54, 1.807) is 0 Å². The minimum Gasteiger partial charge on any atom is -0.351 e. The molecule has 2 fully saturated rings. The molecule has 2 heterocycles. The first-order valence-electron chi connectivity index (χ1n) is 12.3. The molecule has 0 spiro atoms. The van der Waals surface area contributed by atoms with E-state index >= 15 is 0 Å². The minimum atomic E-state index is -0.0273. The van der Waals surface area contributed by atoms with Crippen LogP contribution in [0.4, 0.5) is 0 Å². The Hall–Kier alpha value is -3.19. The van der Waals surface area contributed by atoms with Gasteiger partial charge in [-0.15, -0.1) is 0 Å². The van der Waals surface area contributed by atoms with E-state index in [1.807, 2.05) is 70.5 Å². The van der Waals surface area contributed by atoms with E-state index in [0.717, 1.165) is 25.1 Å². The highest BCUT2D eigenvalue weighted by atomic mass is 16.2. The molecule has 1 N–H and O–H groups in total. The van der Waals surface area contributed by atoms with Gasteiger partial charge >= 0.3 is 0 Å². The molecular weight excluding hydrogens is 428 g/mol. The van der Waals surface area contributed by atoms with Crippen molar-refractivity contribution in [2.45, 2.75) is 25.8 Å². The fourth-order valence-corrected chi connectivity index (χ4v) is 4.76. The van der Waals surface area contributed by atoms with Gasteiger partial charge in [0.05, 0.1) is 6.54 Å². The molecule has 0 radical (unpaired) electrons. The Bertz CT molecular complexity index is 958. The summed E-state index contributed by atoms with van der Waals surface area (Å²) in [6.07, 6.45) is 2.28. The lowest BCUT2D eigenvalue weighted by Crippen LogP contribution is -2.45. The molecule has 2 saturated heterocycles. The number of hydrogen-bond donors (Lipinski definition) is 1. The molecule has 7 nitrogen and oxygen atoms in total. The number of hydrogen-bond acceptors (Lipinski definition) is 4. The van der Waals surface area contributed by atoms with Gasteiger partial charge in [0, 0.05) is 57.3 Å². The number of nitrogens with one attached hydrogen (secondary N) is 1. The number of benzene rings is 2. The Morgan fingerprint density at radius 1 is 0.765 bits per heavy atom. The smallest absolute Gasteiger partial charge is 0.253 e. The van der Waals surface area contributed by atoms with Gasteiger partial charge in [0.1, 0.15) is 0 Å². The van der Waals surface area contributed by atoms with Crippen molar-refractivity contribution >= 4 is 17.7 Å². The van der Waals surface area contributed by atoms with Gasteiger partial charge in [-0.3, -0.25) is 19.3 Å². The molecule has 0 aromatic heterocycles. The lowest BCUT2D eigenvalue weighted by Gasteiger charge is -2.34. The Kier molecular flexibility index (Phi) is 8.31. The number of nitrogens with zero attached hydrogens (tertiary/aromatic N) is 3. The first-order chi connectivity index (χ1) is 16.6. The number of carbonyl (C=O) groups excluding carboxylic acids is 3. The monoisotopic (exact) mass is 462 g/mol. The van der Waals surface area contributed by atoms with Crippen LogP contribution in [0.5, 0.6) is 0 Å². The zero-order chi connectivity index (χ0) is 23.8. The standard InChI is InChI=1S/C27H34N4O3/c32-25(28-20-22-8-3-1-4-9-22)21-29-14-7-15-30(19-18-29)27(34)24-12-16-31(17-13-24)26(33)23-10-5-2-6-11-23/h1-6,8-11,24H,7,12-21H2,(H,28,32). The number of amides is 3. The molecule has 2 aliphatic heterocycles. The molecule has 0 atom stereocenters. The van der Waals surface area contributed by atoms with E-state index in [4.69, 9.17) is 0 Å². The van der Waals surface area contributed by atoms with Crippen LogP contribution in [0.25, 0.3) is 0 Å². The maximum Gasteiger partial charge on any atom is 0.253 e. The summed E-state index contributed by atoms with van der Waals surface area (Å²) in [6, 6.07) is 19.2. The molecule has 0 aliphatic carbocycles. The molecular formula is C27H34N4O3. The zero-order valence-electron chi connectivity index (χ0n) is 19.7. The summed E-state index contributed by atoms with van der Waals surface area (Å²) in [5.41, 5.74) is 1.78. The predicted octanol–water partition coefficient (Wildman–Crippen LogP) is 2.39. The highest BCUT2D eigenvalue weighted by molar-refractivity contribution is 5.94. The molecule has 180 valence electrons. The van der Waals surface area contributed by atoms with E-state index in [0.29, 0.717) is 57.7 Å². The molecule has 7 heteroatoms. The molecule has 2 aromatic carbocycles. The summed E-state index contributed by atoms with van der Waals surface area (Å²) < 4.78 is 0. The van der Waals surface area contributed by atoms with Crippen LogP contribution >= 0.6 is 0 Å². The largest absolute Gasteiger partial charge is 0.351 e. The van der Waals surface area contributed by atoms with E-state index < -0.39 is 0 Å². The van der Waals surface area contributed by atoms with Crippen LogP contribution in [0.1, 0.15) is 35.2 Å². The van der Waals surface area contributed by atoms with Crippen LogP contribution in [0, 0.1) is 5.92 Å². The number of piperidine rings is 1. The Morgan fingerprint density at radius 2 is 1.44 bits per heavy atom. The summed E-state index contributed by atoms with van der Waals surface area (Å²) >= 11 is 0. The summed E-state index contributed by atoms with van der Waals surface area (Å²) in [4.78, 5) is 44.2. The highest BCUT2D eigenvalue weighted by Crippen LogP contribution is 2.22. The van der Waals surface area contributed by atoms with Crippen LogP contribution in [0.3, 0.4) is 0 Å². The van der Waals surface area contributed by atoms with Gasteiger partial charge in [0.25, 0.3) is 5.91 Å². The Balaban J connectivity index is 1.20. The van der Waals surface area contributed by atoms with Crippen molar-refractivity contribution in [3.63, 3.8) is 0 Å². The van der Waals surface area contributed by atoms with Gasteiger partial charge in [-0.2, -0.15) is 0 Å². The number of rotatable bonds is 6. The van der Waals surface area contributed by atoms with Crippen molar-refractivity contribution < 1.29 is 14.4 Å². The molecule has 3 amide bonds. The molecule has 2 aliphatic rings. The van der Waals surface area contributed by atoms with Crippen molar-refractivity contribution in [2.24, 2.45) is 5.92 Å². The molecule has 0 unspecified atom stereocenters. The quantitative estimate of drug-likeness (QED) is 0.716. The van der Waals surface area contributed by atoms with Crippen molar-refractivity contribution in [1.82, 2.24) is 20.0 Å². The summed E-state index contributed by atoms with van der Waals surface area (Å²) in [5, 5.41) is 2.98. The fourth-order valence-electron chi connectivity index (χ4n) is 4.76. The van der Waals surface area contributed by atoms with Gasteiger partial charge in [-0.05, 0) is 37.0 Å². The number of carbonyl (C=O) groups is 3. The predicted molar refractivity (Wildman–Crippen MR) is 131 cm³/mol. The third-order valence-corrected chi connectivity index (χ3v) is 6.75. The normalized spacial score (nSPS) is 17.8. The lowest BCUT2D eigenvalue weighted by atomic mass is 9.94. The molecule has 4 rings (SSSR count). The third kappa shape index (κ3) is 6.44. The Morgan fingerprint density at radius 3 is 2.15 bits per heavy atom. The van der Waals surface area contributed by atoms with E-state index in [-0.39, 0.29) is 23.6 Å². The SMILES string of the molecule is O=C(CN1CCCN(C(=O)C2CCN(C(=O)c3ccccc3)CC2)CC1)NCc1ccccc1. The van der Waals surface area contributed by atoms with E-state index in [9.17, 15) is 14.4 Å². The highest BCUT2D eigenvalue weighted by Gasteiger charge is 2.31. The first kappa shape index (κ1) is 24.0. The maximum absolute atomic E-state index is 13.2. The second kappa shape index (κ2) is 11.8. The van der Waals surface area contributed by atoms with E-state index in [1.165, 1.54) is 0 Å². The van der Waals surface area contributed by atoms with Crippen LogP contribution in [-0.4, -0.2) is 78.2 Å². The van der Waals surface area contributed by atoms with Crippen molar-refractivity contribution in [1.29, 1.82) is 0 Å². The summed E-state index contributed by atoms with van der Waals surface area (Å²) in [5.74, 6) is 0.226. The maximum atomic E-state index is 13.2. The third-order valence-electron chi connectivity index (χ3n) is 6.75. The molecule has 2 aromatic rings. The second-order valence-corrected chi connectivity index (χ2v) is 9.15. The fraction of sp³-hybridized carbons (Fsp3) is 0.444. The topological polar surface area (TPSA) is 73.0 Å². The van der Waals surface area contributed by atoms with Crippen LogP contribution in [0.15, 0.2) is 60.7 Å². The summed E-state index contributed by atoms with van der Waals surface area (Å²) in [6.45, 7) is 5.01.